The summed E-state index contributed by atoms with van der Waals surface area (Å²) in [5, 5.41) is 4.49. The molecule has 0 spiro atoms. The Kier molecular flexibility index (Phi) is 4.22. The number of benzene rings is 1. The maximum atomic E-state index is 14.3. The van der Waals surface area contributed by atoms with E-state index >= 15 is 0 Å². The van der Waals surface area contributed by atoms with Crippen LogP contribution in [0.1, 0.15) is 39.4 Å². The number of fused-ring (bicyclic) bond motifs is 2. The van der Waals surface area contributed by atoms with E-state index in [4.69, 9.17) is 8.83 Å². The molecule has 1 aliphatic heterocycles. The highest BCUT2D eigenvalue weighted by Crippen LogP contribution is 2.38. The zero-order valence-corrected chi connectivity index (χ0v) is 17.9. The minimum atomic E-state index is -0.634. The Balaban J connectivity index is 1.43. The van der Waals surface area contributed by atoms with Crippen LogP contribution < -0.4 is 0 Å². The smallest absolute Gasteiger partial charge is 0.292 e. The molecule has 10 heteroatoms. The van der Waals surface area contributed by atoms with Crippen molar-refractivity contribution in [1.82, 2.24) is 29.6 Å². The second-order valence-electron chi connectivity index (χ2n) is 8.05. The molecule has 0 fully saturated rings. The van der Waals surface area contributed by atoms with Crippen LogP contribution in [0.5, 0.6) is 0 Å². The van der Waals surface area contributed by atoms with E-state index in [1.165, 1.54) is 6.07 Å². The van der Waals surface area contributed by atoms with Crippen LogP contribution >= 0.6 is 0 Å². The number of nitrogens with zero attached hydrogens (tertiary/aromatic N) is 5. The number of amides is 1. The first-order valence-electron chi connectivity index (χ1n) is 10.5. The molecular weight excluding hydrogens is 427 g/mol. The van der Waals surface area contributed by atoms with E-state index < -0.39 is 6.04 Å². The number of imidazole rings is 1. The normalized spacial score (nSPS) is 15.8. The molecule has 0 bridgehead atoms. The SMILES string of the molecule is Cc1nc(-c2cnn(C)c2)oc1C(=O)N1CCc2[nH]cnc2[C@H]1c1cc2c(F)cccc2o1. The lowest BCUT2D eigenvalue weighted by Crippen LogP contribution is -2.40. The lowest BCUT2D eigenvalue weighted by Gasteiger charge is -2.33. The predicted octanol–water partition coefficient (Wildman–Crippen LogP) is 3.78. The van der Waals surface area contributed by atoms with Crippen LogP contribution in [0.25, 0.3) is 22.4 Å². The zero-order chi connectivity index (χ0) is 22.7. The van der Waals surface area contributed by atoms with E-state index in [9.17, 15) is 9.18 Å². The van der Waals surface area contributed by atoms with E-state index in [1.807, 2.05) is 0 Å². The number of hydrogen-bond donors (Lipinski definition) is 1. The number of rotatable bonds is 3. The van der Waals surface area contributed by atoms with Crippen molar-refractivity contribution in [2.45, 2.75) is 19.4 Å². The molecule has 0 aliphatic carbocycles. The molecule has 0 saturated carbocycles. The third-order valence-corrected chi connectivity index (χ3v) is 5.93. The summed E-state index contributed by atoms with van der Waals surface area (Å²) in [6, 6.07) is 5.66. The summed E-state index contributed by atoms with van der Waals surface area (Å²) in [5.41, 5.74) is 3.14. The third kappa shape index (κ3) is 3.05. The summed E-state index contributed by atoms with van der Waals surface area (Å²) in [6.07, 6.45) is 5.58. The molecule has 1 amide bonds. The second-order valence-corrected chi connectivity index (χ2v) is 8.05. The van der Waals surface area contributed by atoms with Gasteiger partial charge in [0.15, 0.2) is 0 Å². The summed E-state index contributed by atoms with van der Waals surface area (Å²) in [6.45, 7) is 2.13. The molecule has 5 heterocycles. The number of oxazole rings is 1. The van der Waals surface area contributed by atoms with E-state index in [2.05, 4.69) is 20.1 Å². The third-order valence-electron chi connectivity index (χ3n) is 5.93. The second kappa shape index (κ2) is 7.16. The fourth-order valence-corrected chi connectivity index (χ4v) is 4.34. The number of hydrogen-bond acceptors (Lipinski definition) is 6. The minimum Gasteiger partial charge on any atom is -0.458 e. The number of aromatic amines is 1. The number of nitrogens with one attached hydrogen (secondary N) is 1. The van der Waals surface area contributed by atoms with Crippen LogP contribution in [0.3, 0.4) is 0 Å². The van der Waals surface area contributed by atoms with Gasteiger partial charge in [-0.1, -0.05) is 6.07 Å². The lowest BCUT2D eigenvalue weighted by molar-refractivity contribution is 0.0640. The molecule has 1 aliphatic rings. The monoisotopic (exact) mass is 446 g/mol. The summed E-state index contributed by atoms with van der Waals surface area (Å²) in [7, 11) is 1.79. The van der Waals surface area contributed by atoms with Gasteiger partial charge in [0.05, 0.1) is 34.9 Å². The standard InChI is InChI=1S/C23H19FN6O3/c1-12-21(33-22(28-12)13-9-27-29(2)10-13)23(31)30-7-6-16-19(26-11-25-16)20(30)18-8-14-15(24)4-3-5-17(14)32-18/h3-5,8-11,20H,6-7H2,1-2H3,(H,25,26)/t20-/m1/s1. The van der Waals surface area contributed by atoms with Gasteiger partial charge in [-0.25, -0.2) is 14.4 Å². The van der Waals surface area contributed by atoms with E-state index in [1.54, 1.807) is 60.5 Å². The number of H-pyrrole nitrogens is 1. The molecule has 1 N–H and O–H groups in total. The Morgan fingerprint density at radius 2 is 2.18 bits per heavy atom. The van der Waals surface area contributed by atoms with Gasteiger partial charge < -0.3 is 18.7 Å². The first kappa shape index (κ1) is 19.5. The van der Waals surface area contributed by atoms with Crippen molar-refractivity contribution in [2.24, 2.45) is 7.05 Å². The molecule has 166 valence electrons. The molecule has 0 saturated heterocycles. The quantitative estimate of drug-likeness (QED) is 0.452. The first-order chi connectivity index (χ1) is 16.0. The number of halogens is 1. The molecule has 0 unspecified atom stereocenters. The van der Waals surface area contributed by atoms with Crippen molar-refractivity contribution in [2.75, 3.05) is 6.54 Å². The van der Waals surface area contributed by atoms with Gasteiger partial charge >= 0.3 is 0 Å². The topological polar surface area (TPSA) is 106 Å². The summed E-state index contributed by atoms with van der Waals surface area (Å²) < 4.78 is 27.9. The highest BCUT2D eigenvalue weighted by molar-refractivity contribution is 5.93. The average molecular weight is 446 g/mol. The van der Waals surface area contributed by atoms with E-state index in [0.29, 0.717) is 52.5 Å². The summed E-state index contributed by atoms with van der Waals surface area (Å²) >= 11 is 0. The van der Waals surface area contributed by atoms with Gasteiger partial charge in [0.2, 0.25) is 11.7 Å². The van der Waals surface area contributed by atoms with Crippen molar-refractivity contribution < 1.29 is 18.0 Å². The number of aryl methyl sites for hydroxylation is 2. The Labute approximate surface area is 186 Å². The van der Waals surface area contributed by atoms with Gasteiger partial charge in [-0.05, 0) is 25.1 Å². The van der Waals surface area contributed by atoms with Crippen LogP contribution in [0.4, 0.5) is 4.39 Å². The van der Waals surface area contributed by atoms with Crippen molar-refractivity contribution >= 4 is 16.9 Å². The molecule has 0 radical (unpaired) electrons. The molecule has 1 aromatic carbocycles. The van der Waals surface area contributed by atoms with E-state index in [0.717, 1.165) is 5.69 Å². The van der Waals surface area contributed by atoms with Gasteiger partial charge in [0.25, 0.3) is 5.91 Å². The first-order valence-corrected chi connectivity index (χ1v) is 10.5. The lowest BCUT2D eigenvalue weighted by atomic mass is 9.99. The number of carbonyl (C=O) groups is 1. The van der Waals surface area contributed by atoms with Gasteiger partial charge in [0.1, 0.15) is 23.2 Å². The maximum Gasteiger partial charge on any atom is 0.292 e. The molecule has 9 nitrogen and oxygen atoms in total. The molecule has 5 aromatic rings. The molecule has 1 atom stereocenters. The van der Waals surface area contributed by atoms with Crippen LogP contribution in [-0.4, -0.2) is 42.1 Å². The predicted molar refractivity (Wildman–Crippen MR) is 115 cm³/mol. The highest BCUT2D eigenvalue weighted by Gasteiger charge is 2.38. The van der Waals surface area contributed by atoms with Crippen molar-refractivity contribution in [3.63, 3.8) is 0 Å². The average Bonchev–Trinajstić information content (AvgIpc) is 3.58. The summed E-state index contributed by atoms with van der Waals surface area (Å²) in [4.78, 5) is 27.3. The van der Waals surface area contributed by atoms with Crippen molar-refractivity contribution in [3.05, 3.63) is 77.4 Å². The van der Waals surface area contributed by atoms with Crippen LogP contribution in [0.15, 0.2) is 51.8 Å². The van der Waals surface area contributed by atoms with Crippen LogP contribution in [-0.2, 0) is 13.5 Å². The van der Waals surface area contributed by atoms with Crippen LogP contribution in [0.2, 0.25) is 0 Å². The maximum absolute atomic E-state index is 14.3. The van der Waals surface area contributed by atoms with Crippen molar-refractivity contribution in [3.8, 4) is 11.5 Å². The molecule has 33 heavy (non-hydrogen) atoms. The van der Waals surface area contributed by atoms with Gasteiger partial charge in [-0.2, -0.15) is 5.10 Å². The van der Waals surface area contributed by atoms with Gasteiger partial charge in [-0.3, -0.25) is 9.48 Å². The van der Waals surface area contributed by atoms with E-state index in [-0.39, 0.29) is 17.5 Å². The molecular formula is C23H19FN6O3. The van der Waals surface area contributed by atoms with Crippen LogP contribution in [0, 0.1) is 12.7 Å². The minimum absolute atomic E-state index is 0.139. The highest BCUT2D eigenvalue weighted by atomic mass is 19.1. The van der Waals surface area contributed by atoms with Crippen molar-refractivity contribution in [1.29, 1.82) is 0 Å². The summed E-state index contributed by atoms with van der Waals surface area (Å²) in [5.74, 6) is 0.172. The van der Waals surface area contributed by atoms with Gasteiger partial charge in [0, 0.05) is 31.9 Å². The Bertz CT molecular complexity index is 1510. The molecule has 6 rings (SSSR count). The number of carbonyl (C=O) groups excluding carboxylic acids is 1. The number of furan rings is 1. The zero-order valence-electron chi connectivity index (χ0n) is 17.9. The fourth-order valence-electron chi connectivity index (χ4n) is 4.34. The Hall–Kier alpha value is -4.21. The fraction of sp³-hybridized carbons (Fsp3) is 0.217. The van der Waals surface area contributed by atoms with Gasteiger partial charge in [-0.15, -0.1) is 0 Å². The number of aromatic nitrogens is 5. The molecule has 4 aromatic heterocycles. The largest absolute Gasteiger partial charge is 0.458 e. The Morgan fingerprint density at radius 3 is 2.97 bits per heavy atom. The Morgan fingerprint density at radius 1 is 1.30 bits per heavy atom.